The Balaban J connectivity index is 2.10. The summed E-state index contributed by atoms with van der Waals surface area (Å²) in [6.07, 6.45) is 4.87. The van der Waals surface area contributed by atoms with E-state index in [4.69, 9.17) is 5.73 Å². The molecule has 2 rings (SSSR count). The summed E-state index contributed by atoms with van der Waals surface area (Å²) < 4.78 is 0. The highest BCUT2D eigenvalue weighted by atomic mass is 16.1. The van der Waals surface area contributed by atoms with Crippen LogP contribution in [0.2, 0.25) is 0 Å². The van der Waals surface area contributed by atoms with Crippen molar-refractivity contribution in [2.75, 3.05) is 0 Å². The lowest BCUT2D eigenvalue weighted by Crippen LogP contribution is -2.37. The maximum atomic E-state index is 12.5. The summed E-state index contributed by atoms with van der Waals surface area (Å²) in [7, 11) is 0. The van der Waals surface area contributed by atoms with Gasteiger partial charge in [0.2, 0.25) is 5.91 Å². The number of rotatable bonds is 6. The molecule has 1 saturated carbocycles. The number of benzene rings is 1. The molecule has 3 nitrogen and oxygen atoms in total. The minimum atomic E-state index is 0.0978. The third-order valence-electron chi connectivity index (χ3n) is 4.82. The highest BCUT2D eigenvalue weighted by Crippen LogP contribution is 2.30. The van der Waals surface area contributed by atoms with Crippen LogP contribution in [0.25, 0.3) is 0 Å². The van der Waals surface area contributed by atoms with Crippen LogP contribution in [0, 0.1) is 11.8 Å². The highest BCUT2D eigenvalue weighted by Gasteiger charge is 2.30. The first kappa shape index (κ1) is 16.0. The smallest absolute Gasteiger partial charge is 0.223 e. The largest absolute Gasteiger partial charge is 0.349 e. The Morgan fingerprint density at radius 2 is 1.90 bits per heavy atom. The Labute approximate surface area is 128 Å². The molecule has 1 aromatic rings. The Hall–Kier alpha value is -1.35. The molecular formula is C18H28N2O. The predicted molar refractivity (Wildman–Crippen MR) is 86.7 cm³/mol. The van der Waals surface area contributed by atoms with Crippen LogP contribution in [-0.4, -0.2) is 11.9 Å². The molecule has 1 aliphatic rings. The maximum absolute atomic E-state index is 12.5. The van der Waals surface area contributed by atoms with Crippen LogP contribution in [0.3, 0.4) is 0 Å². The highest BCUT2D eigenvalue weighted by molar-refractivity contribution is 5.79. The van der Waals surface area contributed by atoms with E-state index in [-0.39, 0.29) is 23.9 Å². The number of carbonyl (C=O) groups is 1. The van der Waals surface area contributed by atoms with Gasteiger partial charge in [-0.1, -0.05) is 57.0 Å². The summed E-state index contributed by atoms with van der Waals surface area (Å²) in [4.78, 5) is 12.5. The van der Waals surface area contributed by atoms with Gasteiger partial charge in [0.1, 0.15) is 0 Å². The van der Waals surface area contributed by atoms with E-state index in [0.717, 1.165) is 32.1 Å². The van der Waals surface area contributed by atoms with Gasteiger partial charge in [0.05, 0.1) is 6.04 Å². The second kappa shape index (κ2) is 7.60. The van der Waals surface area contributed by atoms with Crippen molar-refractivity contribution in [1.82, 2.24) is 5.32 Å². The van der Waals surface area contributed by atoms with E-state index in [0.29, 0.717) is 5.92 Å². The summed E-state index contributed by atoms with van der Waals surface area (Å²) in [5.41, 5.74) is 7.15. The van der Waals surface area contributed by atoms with Gasteiger partial charge in [-0.25, -0.2) is 0 Å². The van der Waals surface area contributed by atoms with Gasteiger partial charge >= 0.3 is 0 Å². The average molecular weight is 288 g/mol. The molecule has 3 heteroatoms. The monoisotopic (exact) mass is 288 g/mol. The van der Waals surface area contributed by atoms with Gasteiger partial charge in [-0.05, 0) is 30.7 Å². The van der Waals surface area contributed by atoms with Crippen molar-refractivity contribution in [2.24, 2.45) is 17.6 Å². The molecule has 0 aromatic heterocycles. The molecule has 0 spiro atoms. The first-order chi connectivity index (χ1) is 10.2. The lowest BCUT2D eigenvalue weighted by molar-refractivity contribution is -0.126. The predicted octanol–water partition coefficient (Wildman–Crippen LogP) is 3.41. The van der Waals surface area contributed by atoms with E-state index in [1.165, 1.54) is 5.56 Å². The Morgan fingerprint density at radius 3 is 2.43 bits per heavy atom. The van der Waals surface area contributed by atoms with Crippen molar-refractivity contribution in [3.63, 3.8) is 0 Å². The molecule has 1 fully saturated rings. The fourth-order valence-electron chi connectivity index (χ4n) is 3.42. The van der Waals surface area contributed by atoms with Gasteiger partial charge < -0.3 is 11.1 Å². The first-order valence-electron chi connectivity index (χ1n) is 8.26. The van der Waals surface area contributed by atoms with Gasteiger partial charge in [0.25, 0.3) is 0 Å². The number of nitrogens with two attached hydrogens (primary N) is 1. The van der Waals surface area contributed by atoms with E-state index >= 15 is 0 Å². The zero-order valence-electron chi connectivity index (χ0n) is 13.2. The minimum Gasteiger partial charge on any atom is -0.349 e. The van der Waals surface area contributed by atoms with Crippen molar-refractivity contribution in [3.8, 4) is 0 Å². The summed E-state index contributed by atoms with van der Waals surface area (Å²) >= 11 is 0. The fourth-order valence-corrected chi connectivity index (χ4v) is 3.42. The van der Waals surface area contributed by atoms with Gasteiger partial charge in [0, 0.05) is 12.0 Å². The van der Waals surface area contributed by atoms with Crippen LogP contribution < -0.4 is 11.1 Å². The molecule has 3 atom stereocenters. The summed E-state index contributed by atoms with van der Waals surface area (Å²) in [6, 6.07) is 10.7. The molecule has 0 aliphatic heterocycles. The average Bonchev–Trinajstić information content (AvgIpc) is 2.95. The molecule has 0 bridgehead atoms. The standard InChI is InChI=1S/C18H28N2O/c1-3-13(4-2)17(14-8-6-5-7-9-14)20-18(21)15-10-11-16(19)12-15/h5-9,13,15-17H,3-4,10-12,19H2,1-2H3,(H,20,21). The van der Waals surface area contributed by atoms with Crippen molar-refractivity contribution in [1.29, 1.82) is 0 Å². The molecular weight excluding hydrogens is 260 g/mol. The molecule has 0 heterocycles. The van der Waals surface area contributed by atoms with E-state index in [9.17, 15) is 4.79 Å². The van der Waals surface area contributed by atoms with Gasteiger partial charge in [-0.15, -0.1) is 0 Å². The number of carbonyl (C=O) groups excluding carboxylic acids is 1. The van der Waals surface area contributed by atoms with Crippen LogP contribution in [0.15, 0.2) is 30.3 Å². The number of amides is 1. The normalized spacial score (nSPS) is 23.2. The second-order valence-corrected chi connectivity index (χ2v) is 6.24. The van der Waals surface area contributed by atoms with Crippen molar-refractivity contribution in [3.05, 3.63) is 35.9 Å². The topological polar surface area (TPSA) is 55.1 Å². The van der Waals surface area contributed by atoms with Crippen LogP contribution in [-0.2, 0) is 4.79 Å². The Kier molecular flexibility index (Phi) is 5.80. The summed E-state index contributed by atoms with van der Waals surface area (Å²) in [5.74, 6) is 0.760. The van der Waals surface area contributed by atoms with Gasteiger partial charge in [-0.2, -0.15) is 0 Å². The maximum Gasteiger partial charge on any atom is 0.223 e. The lowest BCUT2D eigenvalue weighted by Gasteiger charge is -2.28. The zero-order valence-corrected chi connectivity index (χ0v) is 13.2. The van der Waals surface area contributed by atoms with E-state index in [2.05, 4.69) is 31.3 Å². The molecule has 1 amide bonds. The molecule has 3 unspecified atom stereocenters. The number of hydrogen-bond donors (Lipinski definition) is 2. The van der Waals surface area contributed by atoms with Gasteiger partial charge in [-0.3, -0.25) is 4.79 Å². The second-order valence-electron chi connectivity index (χ2n) is 6.24. The van der Waals surface area contributed by atoms with Crippen LogP contribution in [0.4, 0.5) is 0 Å². The zero-order chi connectivity index (χ0) is 15.2. The van der Waals surface area contributed by atoms with E-state index in [1.807, 2.05) is 18.2 Å². The van der Waals surface area contributed by atoms with Crippen LogP contribution >= 0.6 is 0 Å². The van der Waals surface area contributed by atoms with Crippen molar-refractivity contribution >= 4 is 5.91 Å². The third kappa shape index (κ3) is 4.07. The van der Waals surface area contributed by atoms with E-state index in [1.54, 1.807) is 0 Å². The van der Waals surface area contributed by atoms with Crippen LogP contribution in [0.5, 0.6) is 0 Å². The summed E-state index contributed by atoms with van der Waals surface area (Å²) in [5, 5.41) is 3.30. The molecule has 3 N–H and O–H groups in total. The lowest BCUT2D eigenvalue weighted by atomic mass is 9.88. The minimum absolute atomic E-state index is 0.0978. The Morgan fingerprint density at radius 1 is 1.24 bits per heavy atom. The number of nitrogens with one attached hydrogen (secondary N) is 1. The fraction of sp³-hybridized carbons (Fsp3) is 0.611. The molecule has 0 radical (unpaired) electrons. The van der Waals surface area contributed by atoms with Crippen molar-refractivity contribution in [2.45, 2.75) is 58.0 Å². The molecule has 0 saturated heterocycles. The quantitative estimate of drug-likeness (QED) is 0.843. The number of hydrogen-bond acceptors (Lipinski definition) is 2. The molecule has 21 heavy (non-hydrogen) atoms. The summed E-state index contributed by atoms with van der Waals surface area (Å²) in [6.45, 7) is 4.39. The SMILES string of the molecule is CCC(CC)C(NC(=O)C1CCC(N)C1)c1ccccc1. The van der Waals surface area contributed by atoms with E-state index < -0.39 is 0 Å². The molecule has 1 aliphatic carbocycles. The third-order valence-corrected chi connectivity index (χ3v) is 4.82. The molecule has 116 valence electrons. The molecule has 1 aromatic carbocycles. The van der Waals surface area contributed by atoms with Crippen LogP contribution in [0.1, 0.15) is 57.6 Å². The van der Waals surface area contributed by atoms with Crippen molar-refractivity contribution < 1.29 is 4.79 Å². The first-order valence-corrected chi connectivity index (χ1v) is 8.26. The van der Waals surface area contributed by atoms with Gasteiger partial charge in [0.15, 0.2) is 0 Å². The Bertz CT molecular complexity index is 442.